The lowest BCUT2D eigenvalue weighted by Gasteiger charge is -2.18. The molecule has 1 aromatic carbocycles. The molecule has 0 unspecified atom stereocenters. The maximum atomic E-state index is 13.3. The van der Waals surface area contributed by atoms with Gasteiger partial charge >= 0.3 is 0 Å². The quantitative estimate of drug-likeness (QED) is 0.649. The van der Waals surface area contributed by atoms with Crippen LogP contribution in [0.3, 0.4) is 0 Å². The highest BCUT2D eigenvalue weighted by molar-refractivity contribution is 5.46. The Labute approximate surface area is 90.5 Å². The molecule has 15 heavy (non-hydrogen) atoms. The summed E-state index contributed by atoms with van der Waals surface area (Å²) >= 11 is 0. The molecule has 0 saturated heterocycles. The van der Waals surface area contributed by atoms with E-state index < -0.39 is 0 Å². The zero-order valence-electron chi connectivity index (χ0n) is 9.22. The van der Waals surface area contributed by atoms with Crippen molar-refractivity contribution in [2.45, 2.75) is 39.0 Å². The van der Waals surface area contributed by atoms with Gasteiger partial charge in [-0.3, -0.25) is 0 Å². The number of anilines is 1. The smallest absolute Gasteiger partial charge is 0.146 e. The summed E-state index contributed by atoms with van der Waals surface area (Å²) in [5, 5.41) is 0. The third-order valence-electron chi connectivity index (χ3n) is 3.37. The summed E-state index contributed by atoms with van der Waals surface area (Å²) in [6, 6.07) is 3.45. The highest BCUT2D eigenvalue weighted by atomic mass is 19.1. The highest BCUT2D eigenvalue weighted by Crippen LogP contribution is 2.26. The summed E-state index contributed by atoms with van der Waals surface area (Å²) in [6.07, 6.45) is 5.65. The Hall–Kier alpha value is -1.05. The Kier molecular flexibility index (Phi) is 2.94. The SMILES string of the molecule is C[C@H]1CCCc2cc(F)c(N)cc2CC1. The summed E-state index contributed by atoms with van der Waals surface area (Å²) in [7, 11) is 0. The molecule has 1 nitrogen and oxygen atoms in total. The van der Waals surface area contributed by atoms with E-state index >= 15 is 0 Å². The summed E-state index contributed by atoms with van der Waals surface area (Å²) in [6.45, 7) is 2.29. The number of nitrogen functional groups attached to an aromatic ring is 1. The first-order chi connectivity index (χ1) is 7.16. The molecule has 1 aliphatic rings. The number of halogens is 1. The predicted molar refractivity (Wildman–Crippen MR) is 61.2 cm³/mol. The minimum Gasteiger partial charge on any atom is -0.396 e. The number of rotatable bonds is 0. The van der Waals surface area contributed by atoms with Crippen molar-refractivity contribution >= 4 is 5.69 Å². The van der Waals surface area contributed by atoms with Gasteiger partial charge in [-0.05, 0) is 54.9 Å². The van der Waals surface area contributed by atoms with Crippen LogP contribution in [0.2, 0.25) is 0 Å². The van der Waals surface area contributed by atoms with Gasteiger partial charge in [0.15, 0.2) is 0 Å². The molecule has 0 aliphatic heterocycles. The van der Waals surface area contributed by atoms with Crippen LogP contribution in [-0.2, 0) is 12.8 Å². The van der Waals surface area contributed by atoms with Crippen molar-refractivity contribution < 1.29 is 4.39 Å². The first-order valence-corrected chi connectivity index (χ1v) is 5.73. The fourth-order valence-corrected chi connectivity index (χ4v) is 2.33. The topological polar surface area (TPSA) is 26.0 Å². The maximum Gasteiger partial charge on any atom is 0.146 e. The monoisotopic (exact) mass is 207 g/mol. The minimum atomic E-state index is -0.262. The van der Waals surface area contributed by atoms with Crippen LogP contribution < -0.4 is 5.73 Å². The average molecular weight is 207 g/mol. The summed E-state index contributed by atoms with van der Waals surface area (Å²) in [5.74, 6) is 0.520. The van der Waals surface area contributed by atoms with E-state index in [4.69, 9.17) is 5.73 Å². The Balaban J connectivity index is 2.31. The number of aryl methyl sites for hydroxylation is 2. The Morgan fingerprint density at radius 1 is 1.20 bits per heavy atom. The molecule has 0 amide bonds. The Morgan fingerprint density at radius 2 is 1.93 bits per heavy atom. The molecule has 1 aliphatic carbocycles. The highest BCUT2D eigenvalue weighted by Gasteiger charge is 2.13. The van der Waals surface area contributed by atoms with Gasteiger partial charge in [-0.25, -0.2) is 4.39 Å². The molecular formula is C13H18FN. The van der Waals surface area contributed by atoms with Gasteiger partial charge in [0, 0.05) is 0 Å². The van der Waals surface area contributed by atoms with E-state index in [2.05, 4.69) is 6.92 Å². The summed E-state index contributed by atoms with van der Waals surface area (Å²) in [5.41, 5.74) is 8.30. The van der Waals surface area contributed by atoms with Gasteiger partial charge in [0.1, 0.15) is 5.82 Å². The van der Waals surface area contributed by atoms with Crippen LogP contribution in [-0.4, -0.2) is 0 Å². The minimum absolute atomic E-state index is 0.262. The predicted octanol–water partition coefficient (Wildman–Crippen LogP) is 3.31. The molecule has 2 heteroatoms. The standard InChI is InChI=1S/C13H18FN/c1-9-3-2-4-10-7-12(14)13(15)8-11(10)6-5-9/h7-9H,2-6,15H2,1H3/t9-/m0/s1. The number of nitrogens with two attached hydrogens (primary N) is 1. The van der Waals surface area contributed by atoms with E-state index in [1.165, 1.54) is 18.4 Å². The van der Waals surface area contributed by atoms with Gasteiger partial charge in [0.2, 0.25) is 0 Å². The van der Waals surface area contributed by atoms with Gasteiger partial charge in [-0.1, -0.05) is 13.3 Å². The van der Waals surface area contributed by atoms with Crippen molar-refractivity contribution in [2.24, 2.45) is 5.92 Å². The van der Waals surface area contributed by atoms with Gasteiger partial charge in [-0.15, -0.1) is 0 Å². The largest absolute Gasteiger partial charge is 0.396 e. The van der Waals surface area contributed by atoms with Crippen LogP contribution in [0.1, 0.15) is 37.3 Å². The first-order valence-electron chi connectivity index (χ1n) is 5.73. The van der Waals surface area contributed by atoms with Crippen molar-refractivity contribution in [2.75, 3.05) is 5.73 Å². The molecule has 2 N–H and O–H groups in total. The molecule has 0 fully saturated rings. The summed E-state index contributed by atoms with van der Waals surface area (Å²) in [4.78, 5) is 0. The molecule has 0 heterocycles. The second kappa shape index (κ2) is 4.21. The number of hydrogen-bond donors (Lipinski definition) is 1. The van der Waals surface area contributed by atoms with Gasteiger partial charge in [0.05, 0.1) is 5.69 Å². The fourth-order valence-electron chi connectivity index (χ4n) is 2.33. The summed E-state index contributed by atoms with van der Waals surface area (Å²) < 4.78 is 13.3. The number of hydrogen-bond acceptors (Lipinski definition) is 1. The number of fused-ring (bicyclic) bond motifs is 1. The van der Waals surface area contributed by atoms with E-state index in [0.717, 1.165) is 30.7 Å². The molecule has 1 atom stereocenters. The lowest BCUT2D eigenvalue weighted by atomic mass is 9.88. The third-order valence-corrected chi connectivity index (χ3v) is 3.37. The second-order valence-corrected chi connectivity index (χ2v) is 4.68. The van der Waals surface area contributed by atoms with Crippen LogP contribution in [0.15, 0.2) is 12.1 Å². The van der Waals surface area contributed by atoms with Gasteiger partial charge in [-0.2, -0.15) is 0 Å². The molecular weight excluding hydrogens is 189 g/mol. The maximum absolute atomic E-state index is 13.3. The molecule has 0 spiro atoms. The zero-order valence-corrected chi connectivity index (χ0v) is 9.22. The van der Waals surface area contributed by atoms with Crippen molar-refractivity contribution in [3.8, 4) is 0 Å². The van der Waals surface area contributed by atoms with E-state index in [-0.39, 0.29) is 5.82 Å². The molecule has 1 aromatic rings. The van der Waals surface area contributed by atoms with Gasteiger partial charge < -0.3 is 5.73 Å². The lowest BCUT2D eigenvalue weighted by Crippen LogP contribution is -2.07. The van der Waals surface area contributed by atoms with E-state index in [9.17, 15) is 4.39 Å². The van der Waals surface area contributed by atoms with Crippen molar-refractivity contribution in [1.29, 1.82) is 0 Å². The van der Waals surface area contributed by atoms with E-state index in [0.29, 0.717) is 5.69 Å². The molecule has 82 valence electrons. The van der Waals surface area contributed by atoms with Crippen LogP contribution in [0, 0.1) is 11.7 Å². The van der Waals surface area contributed by atoms with Crippen molar-refractivity contribution in [1.82, 2.24) is 0 Å². The molecule has 0 saturated carbocycles. The van der Waals surface area contributed by atoms with E-state index in [1.807, 2.05) is 6.07 Å². The Morgan fingerprint density at radius 3 is 2.73 bits per heavy atom. The van der Waals surface area contributed by atoms with Crippen molar-refractivity contribution in [3.63, 3.8) is 0 Å². The van der Waals surface area contributed by atoms with Crippen LogP contribution >= 0.6 is 0 Å². The average Bonchev–Trinajstić information content (AvgIpc) is 2.18. The number of benzene rings is 1. The van der Waals surface area contributed by atoms with Crippen LogP contribution in [0.25, 0.3) is 0 Å². The third kappa shape index (κ3) is 2.31. The van der Waals surface area contributed by atoms with Crippen molar-refractivity contribution in [3.05, 3.63) is 29.1 Å². The molecule has 0 radical (unpaired) electrons. The van der Waals surface area contributed by atoms with Gasteiger partial charge in [0.25, 0.3) is 0 Å². The molecule has 2 rings (SSSR count). The zero-order chi connectivity index (χ0) is 10.8. The van der Waals surface area contributed by atoms with Crippen LogP contribution in [0.4, 0.5) is 10.1 Å². The normalized spacial score (nSPS) is 21.6. The molecule has 0 bridgehead atoms. The second-order valence-electron chi connectivity index (χ2n) is 4.68. The first kappa shape index (κ1) is 10.5. The fraction of sp³-hybridized carbons (Fsp3) is 0.538. The van der Waals surface area contributed by atoms with E-state index in [1.54, 1.807) is 6.07 Å². The molecule has 0 aromatic heterocycles. The Bertz CT molecular complexity index is 360. The lowest BCUT2D eigenvalue weighted by molar-refractivity contribution is 0.462. The van der Waals surface area contributed by atoms with Crippen LogP contribution in [0.5, 0.6) is 0 Å².